The van der Waals surface area contributed by atoms with Gasteiger partial charge in [-0.25, -0.2) is 19.3 Å². The van der Waals surface area contributed by atoms with Crippen LogP contribution < -0.4 is 10.2 Å². The number of pyridine rings is 1. The Labute approximate surface area is 281 Å². The summed E-state index contributed by atoms with van der Waals surface area (Å²) in [7, 11) is 1.10. The first-order valence-electron chi connectivity index (χ1n) is 16.1. The number of hydrogen-bond acceptors (Lipinski definition) is 10. The number of morpholine rings is 1. The third kappa shape index (κ3) is 7.62. The summed E-state index contributed by atoms with van der Waals surface area (Å²) >= 11 is 0. The van der Waals surface area contributed by atoms with Crippen LogP contribution in [0.2, 0.25) is 0 Å². The van der Waals surface area contributed by atoms with E-state index < -0.39 is 17.8 Å². The van der Waals surface area contributed by atoms with Crippen LogP contribution in [0.1, 0.15) is 31.8 Å². The lowest BCUT2D eigenvalue weighted by Crippen LogP contribution is -2.49. The Morgan fingerprint density at radius 2 is 1.88 bits per heavy atom. The second kappa shape index (κ2) is 14.4. The highest BCUT2D eigenvalue weighted by Gasteiger charge is 2.36. The van der Waals surface area contributed by atoms with E-state index in [2.05, 4.69) is 36.6 Å². The van der Waals surface area contributed by atoms with E-state index in [1.807, 2.05) is 15.9 Å². The summed E-state index contributed by atoms with van der Waals surface area (Å²) in [6, 6.07) is 2.56. The number of piperazine rings is 1. The molecule has 17 heteroatoms. The van der Waals surface area contributed by atoms with E-state index in [0.717, 1.165) is 37.8 Å². The number of nitrogens with zero attached hydrogens (tertiary/aromatic N) is 8. The van der Waals surface area contributed by atoms with E-state index >= 15 is 0 Å². The molecule has 3 aliphatic rings. The van der Waals surface area contributed by atoms with Gasteiger partial charge in [-0.05, 0) is 36.6 Å². The number of carbonyl (C=O) groups is 3. The number of alkyl halides is 3. The van der Waals surface area contributed by atoms with Gasteiger partial charge in [-0.3, -0.25) is 19.8 Å². The summed E-state index contributed by atoms with van der Waals surface area (Å²) in [4.78, 5) is 53.3. The lowest BCUT2D eigenvalue weighted by Gasteiger charge is -2.35. The molecule has 3 aromatic heterocycles. The molecule has 264 valence electrons. The minimum atomic E-state index is -4.80. The number of nitrogens with one attached hydrogen (secondary N) is 1. The fraction of sp³-hybridized carbons (Fsp3) is 0.500. The molecule has 0 saturated carbocycles. The second-order valence-electron chi connectivity index (χ2n) is 12.2. The second-order valence-corrected chi connectivity index (χ2v) is 12.2. The van der Waals surface area contributed by atoms with E-state index in [1.165, 1.54) is 6.08 Å². The van der Waals surface area contributed by atoms with Crippen molar-refractivity contribution >= 4 is 35.1 Å². The highest BCUT2D eigenvalue weighted by Crippen LogP contribution is 2.38. The highest BCUT2D eigenvalue weighted by atomic mass is 19.4. The van der Waals surface area contributed by atoms with Crippen molar-refractivity contribution in [3.63, 3.8) is 0 Å². The van der Waals surface area contributed by atoms with E-state index in [0.29, 0.717) is 83.3 Å². The zero-order valence-corrected chi connectivity index (χ0v) is 27.1. The number of halogens is 3. The number of hydrogen-bond donors (Lipinski definition) is 1. The molecule has 49 heavy (non-hydrogen) atoms. The molecule has 0 bridgehead atoms. The Kier molecular flexibility index (Phi) is 10.0. The Morgan fingerprint density at radius 3 is 2.57 bits per heavy atom. The molecule has 3 amide bonds. The normalized spacial score (nSPS) is 18.9. The highest BCUT2D eigenvalue weighted by molar-refractivity contribution is 5.88. The molecule has 3 fully saturated rings. The van der Waals surface area contributed by atoms with E-state index in [-0.39, 0.29) is 36.5 Å². The maximum atomic E-state index is 14.3. The number of amides is 3. The third-order valence-electron chi connectivity index (χ3n) is 9.05. The molecule has 6 heterocycles. The molecular formula is C32H40F3N9O5. The minimum absolute atomic E-state index is 0. The van der Waals surface area contributed by atoms with Crippen molar-refractivity contribution in [2.75, 3.05) is 76.4 Å². The first-order chi connectivity index (χ1) is 23.5. The zero-order valence-electron chi connectivity index (χ0n) is 27.1. The van der Waals surface area contributed by atoms with Crippen LogP contribution in [-0.4, -0.2) is 124 Å². The Bertz CT molecular complexity index is 1720. The van der Waals surface area contributed by atoms with Crippen molar-refractivity contribution in [3.8, 4) is 11.4 Å². The van der Waals surface area contributed by atoms with Crippen LogP contribution in [0.5, 0.6) is 0 Å². The van der Waals surface area contributed by atoms with Crippen LogP contribution in [0.3, 0.4) is 0 Å². The van der Waals surface area contributed by atoms with Gasteiger partial charge in [-0.1, -0.05) is 6.58 Å². The van der Waals surface area contributed by atoms with Gasteiger partial charge in [0.05, 0.1) is 31.5 Å². The molecule has 1 atom stereocenters. The third-order valence-corrected chi connectivity index (χ3v) is 9.05. The van der Waals surface area contributed by atoms with Crippen molar-refractivity contribution in [2.45, 2.75) is 38.0 Å². The molecule has 0 aliphatic carbocycles. The summed E-state index contributed by atoms with van der Waals surface area (Å²) in [5.74, 6) is -0.149. The van der Waals surface area contributed by atoms with Gasteiger partial charge in [-0.2, -0.15) is 13.2 Å². The number of likely N-dealkylation sites (tertiary alicyclic amines) is 1. The fourth-order valence-corrected chi connectivity index (χ4v) is 6.54. The van der Waals surface area contributed by atoms with E-state index in [4.69, 9.17) is 4.74 Å². The molecule has 1 unspecified atom stereocenters. The monoisotopic (exact) mass is 687 g/mol. The fourth-order valence-electron chi connectivity index (χ4n) is 6.54. The van der Waals surface area contributed by atoms with Gasteiger partial charge in [0.15, 0.2) is 11.6 Å². The van der Waals surface area contributed by atoms with Crippen LogP contribution in [0, 0.1) is 0 Å². The average Bonchev–Trinajstić information content (AvgIpc) is 3.74. The van der Waals surface area contributed by atoms with Crippen molar-refractivity contribution in [2.24, 2.45) is 0 Å². The molecule has 0 aromatic carbocycles. The summed E-state index contributed by atoms with van der Waals surface area (Å²) in [6.45, 7) is 8.99. The minimum Gasteiger partial charge on any atom is -0.453 e. The molecule has 3 aromatic rings. The number of rotatable bonds is 8. The largest absolute Gasteiger partial charge is 0.453 e. The predicted octanol–water partition coefficient (Wildman–Crippen LogP) is 3.28. The van der Waals surface area contributed by atoms with Gasteiger partial charge in [-0.15, -0.1) is 5.10 Å². The zero-order chi connectivity index (χ0) is 34.7. The van der Waals surface area contributed by atoms with Crippen molar-refractivity contribution in [3.05, 3.63) is 48.3 Å². The first-order valence-corrected chi connectivity index (χ1v) is 16.1. The summed E-state index contributed by atoms with van der Waals surface area (Å²) in [6.07, 6.45) is 0.286. The molecule has 0 radical (unpaired) electrons. The predicted molar refractivity (Wildman–Crippen MR) is 174 cm³/mol. The molecular weight excluding hydrogens is 647 g/mol. The molecule has 0 spiro atoms. The topological polar surface area (TPSA) is 138 Å². The van der Waals surface area contributed by atoms with Gasteiger partial charge in [0.25, 0.3) is 0 Å². The molecule has 3 aliphatic heterocycles. The number of methoxy groups -OCH3 is 1. The van der Waals surface area contributed by atoms with Crippen LogP contribution in [-0.2, 0) is 31.8 Å². The van der Waals surface area contributed by atoms with Crippen LogP contribution in [0.4, 0.5) is 29.6 Å². The van der Waals surface area contributed by atoms with Gasteiger partial charge in [0.2, 0.25) is 11.8 Å². The number of fused-ring (bicyclic) bond motifs is 1. The summed E-state index contributed by atoms with van der Waals surface area (Å²) in [5.41, 5.74) is 0.117. The number of carbonyl (C=O) groups excluding carboxylic acids is 3. The maximum absolute atomic E-state index is 14.3. The van der Waals surface area contributed by atoms with E-state index in [1.54, 1.807) is 15.6 Å². The average molecular weight is 688 g/mol. The molecule has 6 rings (SSSR count). The van der Waals surface area contributed by atoms with Crippen LogP contribution in [0.25, 0.3) is 16.9 Å². The number of anilines is 2. The van der Waals surface area contributed by atoms with Crippen molar-refractivity contribution < 1.29 is 38.5 Å². The first kappa shape index (κ1) is 34.1. The Morgan fingerprint density at radius 1 is 1.12 bits per heavy atom. The lowest BCUT2D eigenvalue weighted by atomic mass is 10.1. The molecule has 14 nitrogen and oxygen atoms in total. The SMILES string of the molecule is C=CC(=O)N1CCCC1CC(=O)N1CCN(Cc2cc3c(N4CCOCC4)nc(-c4cnc(NC(=O)OC)cc4C(F)(F)F)nn3c2)CC1.[HH]. The summed E-state index contributed by atoms with van der Waals surface area (Å²) in [5, 5.41) is 6.66. The van der Waals surface area contributed by atoms with Gasteiger partial charge in [0.1, 0.15) is 11.3 Å². The van der Waals surface area contributed by atoms with Crippen molar-refractivity contribution in [1.82, 2.24) is 34.3 Å². The van der Waals surface area contributed by atoms with Gasteiger partial charge in [0, 0.05) is 78.6 Å². The maximum Gasteiger partial charge on any atom is 0.417 e. The Balaban J connectivity index is 0.00000486. The summed E-state index contributed by atoms with van der Waals surface area (Å²) < 4.78 is 54.4. The smallest absolute Gasteiger partial charge is 0.417 e. The Hall–Kier alpha value is -4.77. The lowest BCUT2D eigenvalue weighted by molar-refractivity contribution is -0.137. The van der Waals surface area contributed by atoms with Gasteiger partial charge >= 0.3 is 12.3 Å². The molecule has 1 N–H and O–H groups in total. The molecule has 3 saturated heterocycles. The number of ether oxygens (including phenoxy) is 2. The van der Waals surface area contributed by atoms with Crippen molar-refractivity contribution in [1.29, 1.82) is 0 Å². The quantitative estimate of drug-likeness (QED) is 0.352. The standard InChI is InChI=1S/C32H38F3N9O5.H2/c1-3-27(45)43-6-4-5-22(43)16-28(46)41-9-7-40(8-10-41)19-21-15-25-30(42-11-13-49-14-12-42)38-29(39-44(25)20-21)23-18-36-26(37-31(47)48-2)17-24(23)32(33,34)35;/h3,15,17-18,20,22H,1,4-14,16,19H2,2H3,(H,36,37,47);1H. The number of aromatic nitrogens is 4. The van der Waals surface area contributed by atoms with Crippen LogP contribution >= 0.6 is 0 Å². The van der Waals surface area contributed by atoms with Gasteiger partial charge < -0.3 is 24.2 Å². The van der Waals surface area contributed by atoms with Crippen LogP contribution in [0.15, 0.2) is 37.2 Å². The van der Waals surface area contributed by atoms with E-state index in [9.17, 15) is 27.6 Å².